The molecule has 0 aliphatic carbocycles. The van der Waals surface area contributed by atoms with Crippen molar-refractivity contribution in [1.82, 2.24) is 4.98 Å². The molecule has 12 heteroatoms. The van der Waals surface area contributed by atoms with Gasteiger partial charge in [0.05, 0.1) is 27.8 Å². The van der Waals surface area contributed by atoms with Crippen LogP contribution in [0.3, 0.4) is 0 Å². The first-order valence-electron chi connectivity index (χ1n) is 8.75. The normalized spacial score (nSPS) is 16.2. The molecule has 164 valence electrons. The molecule has 1 aliphatic heterocycles. The van der Waals surface area contributed by atoms with Crippen LogP contribution in [-0.4, -0.2) is 29.1 Å². The van der Waals surface area contributed by atoms with Crippen LogP contribution in [0.15, 0.2) is 47.9 Å². The van der Waals surface area contributed by atoms with E-state index in [1.165, 1.54) is 12.3 Å². The summed E-state index contributed by atoms with van der Waals surface area (Å²) in [6, 6.07) is 5.65. The first-order chi connectivity index (χ1) is 14.6. The highest BCUT2D eigenvalue weighted by Crippen LogP contribution is 2.32. The largest absolute Gasteiger partial charge is 0.417 e. The topological polar surface area (TPSA) is 75.6 Å². The fourth-order valence-corrected chi connectivity index (χ4v) is 3.22. The number of hydrogen-bond acceptors (Lipinski definition) is 6. The molecule has 1 atom stereocenters. The number of allylic oxidation sites excluding steroid dienone is 1. The Morgan fingerprint density at radius 1 is 1.23 bits per heavy atom. The molecular weight excluding hydrogens is 480 g/mol. The van der Waals surface area contributed by atoms with Crippen LogP contribution in [0.2, 0.25) is 15.1 Å². The third-order valence-corrected chi connectivity index (χ3v) is 4.92. The van der Waals surface area contributed by atoms with Gasteiger partial charge in [0.1, 0.15) is 11.5 Å². The predicted octanol–water partition coefficient (Wildman–Crippen LogP) is 5.81. The molecule has 3 rings (SSSR count). The molecular formula is C19H14Cl3F3N4O2. The standard InChI is InChI=1S/C19H14Cl3F3N4O2/c20-11-1-2-15(13(21)6-11)26-4-3-17(30)16-7-12(31-29-16)9-28-18-14(22)5-10(8-27-18)19(23,24)25/h1-6,8,12,26H,7,9H2,(H,27,28)/b4-3+/t12-/m0/s1. The molecule has 0 saturated carbocycles. The SMILES string of the molecule is O=C(/C=C/Nc1ccc(Cl)cc1Cl)C1=NO[C@H](CNc2ncc(C(F)(F)F)cc2Cl)C1. The highest BCUT2D eigenvalue weighted by molar-refractivity contribution is 6.44. The quantitative estimate of drug-likeness (QED) is 0.476. The van der Waals surface area contributed by atoms with Crippen LogP contribution in [0.5, 0.6) is 0 Å². The van der Waals surface area contributed by atoms with Crippen LogP contribution in [0, 0.1) is 0 Å². The van der Waals surface area contributed by atoms with Gasteiger partial charge < -0.3 is 15.5 Å². The van der Waals surface area contributed by atoms with Crippen LogP contribution >= 0.6 is 34.8 Å². The fourth-order valence-electron chi connectivity index (χ4n) is 2.53. The number of halogens is 6. The van der Waals surface area contributed by atoms with Crippen LogP contribution < -0.4 is 10.6 Å². The lowest BCUT2D eigenvalue weighted by Gasteiger charge is -2.13. The van der Waals surface area contributed by atoms with E-state index in [4.69, 9.17) is 39.6 Å². The maximum absolute atomic E-state index is 12.7. The lowest BCUT2D eigenvalue weighted by molar-refractivity contribution is -0.137. The Morgan fingerprint density at radius 3 is 2.68 bits per heavy atom. The number of rotatable bonds is 7. The van der Waals surface area contributed by atoms with Crippen molar-refractivity contribution in [2.45, 2.75) is 18.7 Å². The number of carbonyl (C=O) groups is 1. The van der Waals surface area contributed by atoms with Crippen molar-refractivity contribution >= 4 is 57.8 Å². The van der Waals surface area contributed by atoms with Gasteiger partial charge in [-0.15, -0.1) is 0 Å². The molecule has 1 aliphatic rings. The zero-order valence-corrected chi connectivity index (χ0v) is 17.8. The summed E-state index contributed by atoms with van der Waals surface area (Å²) in [7, 11) is 0. The molecule has 2 N–H and O–H groups in total. The molecule has 6 nitrogen and oxygen atoms in total. The van der Waals surface area contributed by atoms with E-state index in [-0.39, 0.29) is 35.3 Å². The second-order valence-corrected chi connectivity index (χ2v) is 7.62. The maximum Gasteiger partial charge on any atom is 0.417 e. The first kappa shape index (κ1) is 23.2. The minimum absolute atomic E-state index is 0.0713. The van der Waals surface area contributed by atoms with Crippen molar-refractivity contribution < 1.29 is 22.8 Å². The van der Waals surface area contributed by atoms with Gasteiger partial charge in [0.15, 0.2) is 6.10 Å². The van der Waals surface area contributed by atoms with E-state index in [0.717, 1.165) is 6.07 Å². The van der Waals surface area contributed by atoms with E-state index >= 15 is 0 Å². The molecule has 2 heterocycles. The molecule has 0 unspecified atom stereocenters. The van der Waals surface area contributed by atoms with Gasteiger partial charge in [-0.25, -0.2) is 4.98 Å². The monoisotopic (exact) mass is 492 g/mol. The van der Waals surface area contributed by atoms with Crippen LogP contribution in [0.25, 0.3) is 0 Å². The van der Waals surface area contributed by atoms with Crippen molar-refractivity contribution in [1.29, 1.82) is 0 Å². The second kappa shape index (κ2) is 9.76. The number of carbonyl (C=O) groups excluding carboxylic acids is 1. The van der Waals surface area contributed by atoms with E-state index in [0.29, 0.717) is 21.9 Å². The molecule has 1 aromatic heterocycles. The Kier molecular flexibility index (Phi) is 7.30. The predicted molar refractivity (Wildman–Crippen MR) is 114 cm³/mol. The van der Waals surface area contributed by atoms with Gasteiger partial charge in [-0.3, -0.25) is 4.79 Å². The smallest absolute Gasteiger partial charge is 0.390 e. The number of pyridine rings is 1. The minimum Gasteiger partial charge on any atom is -0.390 e. The summed E-state index contributed by atoms with van der Waals surface area (Å²) in [6.45, 7) is 0.140. The summed E-state index contributed by atoms with van der Waals surface area (Å²) in [5.41, 5.74) is -0.182. The highest BCUT2D eigenvalue weighted by atomic mass is 35.5. The third kappa shape index (κ3) is 6.25. The van der Waals surface area contributed by atoms with Gasteiger partial charge in [-0.05, 0) is 24.3 Å². The molecule has 0 radical (unpaired) electrons. The Bertz CT molecular complexity index is 1040. The summed E-state index contributed by atoms with van der Waals surface area (Å²) < 4.78 is 38.0. The van der Waals surface area contributed by atoms with E-state index in [2.05, 4.69) is 20.8 Å². The zero-order chi connectivity index (χ0) is 22.6. The van der Waals surface area contributed by atoms with Crippen molar-refractivity contribution in [2.75, 3.05) is 17.2 Å². The molecule has 0 amide bonds. The molecule has 0 bridgehead atoms. The average molecular weight is 494 g/mol. The fraction of sp³-hybridized carbons (Fsp3) is 0.211. The molecule has 0 fully saturated rings. The maximum atomic E-state index is 12.7. The zero-order valence-electron chi connectivity index (χ0n) is 15.5. The van der Waals surface area contributed by atoms with Crippen molar-refractivity contribution in [2.24, 2.45) is 5.16 Å². The van der Waals surface area contributed by atoms with Gasteiger partial charge in [-0.2, -0.15) is 13.2 Å². The summed E-state index contributed by atoms with van der Waals surface area (Å²) in [6.07, 6.45) is -1.47. The number of benzene rings is 1. The van der Waals surface area contributed by atoms with Gasteiger partial charge >= 0.3 is 6.18 Å². The van der Waals surface area contributed by atoms with E-state index in [9.17, 15) is 18.0 Å². The number of ketones is 1. The summed E-state index contributed by atoms with van der Waals surface area (Å²) in [4.78, 5) is 21.1. The number of alkyl halides is 3. The summed E-state index contributed by atoms with van der Waals surface area (Å²) in [5, 5.41) is 10.1. The highest BCUT2D eigenvalue weighted by Gasteiger charge is 2.32. The van der Waals surface area contributed by atoms with Crippen LogP contribution in [0.1, 0.15) is 12.0 Å². The number of aromatic nitrogens is 1. The third-order valence-electron chi connectivity index (χ3n) is 4.09. The Hall–Kier alpha value is -2.49. The van der Waals surface area contributed by atoms with E-state index in [1.807, 2.05) is 0 Å². The van der Waals surface area contributed by atoms with Crippen molar-refractivity contribution in [3.05, 3.63) is 63.4 Å². The molecule has 31 heavy (non-hydrogen) atoms. The van der Waals surface area contributed by atoms with Crippen LogP contribution in [-0.2, 0) is 15.8 Å². The van der Waals surface area contributed by atoms with Crippen molar-refractivity contribution in [3.63, 3.8) is 0 Å². The number of nitrogens with zero attached hydrogens (tertiary/aromatic N) is 2. The number of oxime groups is 1. The second-order valence-electron chi connectivity index (χ2n) is 6.37. The van der Waals surface area contributed by atoms with Crippen molar-refractivity contribution in [3.8, 4) is 0 Å². The van der Waals surface area contributed by atoms with E-state index < -0.39 is 17.8 Å². The lowest BCUT2D eigenvalue weighted by atomic mass is 10.1. The Labute approximate surface area is 190 Å². The lowest BCUT2D eigenvalue weighted by Crippen LogP contribution is -2.22. The minimum atomic E-state index is -4.53. The van der Waals surface area contributed by atoms with Gasteiger partial charge in [0.25, 0.3) is 0 Å². The number of nitrogens with one attached hydrogen (secondary N) is 2. The van der Waals surface area contributed by atoms with Gasteiger partial charge in [0, 0.05) is 29.9 Å². The number of hydrogen-bond donors (Lipinski definition) is 2. The Morgan fingerprint density at radius 2 is 2.00 bits per heavy atom. The molecule has 0 saturated heterocycles. The van der Waals surface area contributed by atoms with Crippen LogP contribution in [0.4, 0.5) is 24.7 Å². The number of anilines is 2. The molecule has 0 spiro atoms. The van der Waals surface area contributed by atoms with Gasteiger partial charge in [0.2, 0.25) is 5.78 Å². The summed E-state index contributed by atoms with van der Waals surface area (Å²) in [5.74, 6) is -0.298. The average Bonchev–Trinajstić information content (AvgIpc) is 3.17. The first-order valence-corrected chi connectivity index (χ1v) is 9.88. The molecule has 1 aromatic carbocycles. The molecule has 2 aromatic rings. The Balaban J connectivity index is 1.49. The van der Waals surface area contributed by atoms with Gasteiger partial charge in [-0.1, -0.05) is 40.0 Å². The summed E-state index contributed by atoms with van der Waals surface area (Å²) >= 11 is 17.7. The van der Waals surface area contributed by atoms with E-state index in [1.54, 1.807) is 18.2 Å².